The van der Waals surface area contributed by atoms with Crippen LogP contribution in [0.3, 0.4) is 0 Å². The van der Waals surface area contributed by atoms with E-state index in [0.29, 0.717) is 24.6 Å². The van der Waals surface area contributed by atoms with Crippen LogP contribution in [-0.4, -0.2) is 51.5 Å². The van der Waals surface area contributed by atoms with E-state index in [1.54, 1.807) is 41.8 Å². The minimum atomic E-state index is -3.44. The van der Waals surface area contributed by atoms with Gasteiger partial charge in [-0.2, -0.15) is 4.31 Å². The SMILES string of the molecule is COCC(C)NC(=O)/C=C/c1ccc(S(=O)(=O)N2CCCCCC2)cc1. The first kappa shape index (κ1) is 20.6. The second kappa shape index (κ2) is 9.85. The van der Waals surface area contributed by atoms with E-state index in [4.69, 9.17) is 4.74 Å². The molecule has 0 spiro atoms. The highest BCUT2D eigenvalue weighted by molar-refractivity contribution is 7.89. The second-order valence-electron chi connectivity index (χ2n) is 6.59. The Morgan fingerprint density at radius 1 is 1.19 bits per heavy atom. The number of hydrogen-bond acceptors (Lipinski definition) is 4. The van der Waals surface area contributed by atoms with E-state index in [9.17, 15) is 13.2 Å². The summed E-state index contributed by atoms with van der Waals surface area (Å²) < 4.78 is 32.0. The smallest absolute Gasteiger partial charge is 0.244 e. The summed E-state index contributed by atoms with van der Waals surface area (Å²) in [4.78, 5) is 12.1. The summed E-state index contributed by atoms with van der Waals surface area (Å²) in [6.45, 7) is 3.48. The normalized spacial score (nSPS) is 17.8. The van der Waals surface area contributed by atoms with Crippen molar-refractivity contribution >= 4 is 22.0 Å². The Labute approximate surface area is 156 Å². The first-order chi connectivity index (χ1) is 12.4. The van der Waals surface area contributed by atoms with Crippen molar-refractivity contribution in [2.24, 2.45) is 0 Å². The summed E-state index contributed by atoms with van der Waals surface area (Å²) in [7, 11) is -1.86. The second-order valence-corrected chi connectivity index (χ2v) is 8.52. The van der Waals surface area contributed by atoms with Gasteiger partial charge in [0, 0.05) is 32.3 Å². The largest absolute Gasteiger partial charge is 0.383 e. The molecule has 1 N–H and O–H groups in total. The average molecular weight is 381 g/mol. The maximum absolute atomic E-state index is 12.7. The fourth-order valence-corrected chi connectivity index (χ4v) is 4.45. The molecule has 1 fully saturated rings. The van der Waals surface area contributed by atoms with E-state index >= 15 is 0 Å². The third kappa shape index (κ3) is 5.93. The van der Waals surface area contributed by atoms with E-state index in [1.165, 1.54) is 6.08 Å². The molecule has 0 aromatic heterocycles. The number of carbonyl (C=O) groups is 1. The van der Waals surface area contributed by atoms with Gasteiger partial charge in [0.05, 0.1) is 11.5 Å². The zero-order valence-electron chi connectivity index (χ0n) is 15.5. The maximum Gasteiger partial charge on any atom is 0.244 e. The molecule has 0 saturated carbocycles. The molecule has 1 atom stereocenters. The van der Waals surface area contributed by atoms with Crippen LogP contribution in [0.5, 0.6) is 0 Å². The molecule has 1 amide bonds. The van der Waals surface area contributed by atoms with Gasteiger partial charge in [0.1, 0.15) is 0 Å². The highest BCUT2D eigenvalue weighted by Crippen LogP contribution is 2.20. The van der Waals surface area contributed by atoms with Gasteiger partial charge >= 0.3 is 0 Å². The van der Waals surface area contributed by atoms with Crippen LogP contribution >= 0.6 is 0 Å². The van der Waals surface area contributed by atoms with Crippen LogP contribution in [0.15, 0.2) is 35.2 Å². The Kier molecular flexibility index (Phi) is 7.81. The lowest BCUT2D eigenvalue weighted by atomic mass is 10.2. The molecule has 26 heavy (non-hydrogen) atoms. The maximum atomic E-state index is 12.7. The van der Waals surface area contributed by atoms with Crippen molar-refractivity contribution in [3.63, 3.8) is 0 Å². The van der Waals surface area contributed by atoms with Gasteiger partial charge in [-0.05, 0) is 43.5 Å². The van der Waals surface area contributed by atoms with Crippen LogP contribution < -0.4 is 5.32 Å². The number of nitrogens with one attached hydrogen (secondary N) is 1. The van der Waals surface area contributed by atoms with Crippen molar-refractivity contribution in [1.82, 2.24) is 9.62 Å². The van der Waals surface area contributed by atoms with Crippen molar-refractivity contribution in [2.75, 3.05) is 26.8 Å². The van der Waals surface area contributed by atoms with Crippen LogP contribution in [0.4, 0.5) is 0 Å². The number of amides is 1. The summed E-state index contributed by atoms with van der Waals surface area (Å²) in [5.41, 5.74) is 0.773. The molecule has 1 aromatic carbocycles. The lowest BCUT2D eigenvalue weighted by molar-refractivity contribution is -0.117. The molecule has 1 aliphatic heterocycles. The van der Waals surface area contributed by atoms with E-state index in [-0.39, 0.29) is 11.9 Å². The van der Waals surface area contributed by atoms with Gasteiger partial charge in [0.15, 0.2) is 0 Å². The molecule has 144 valence electrons. The van der Waals surface area contributed by atoms with Gasteiger partial charge in [0.2, 0.25) is 15.9 Å². The molecule has 6 nitrogen and oxygen atoms in total. The van der Waals surface area contributed by atoms with E-state index in [1.807, 2.05) is 6.92 Å². The Bertz CT molecular complexity index is 706. The number of benzene rings is 1. The highest BCUT2D eigenvalue weighted by atomic mass is 32.2. The van der Waals surface area contributed by atoms with E-state index in [2.05, 4.69) is 5.32 Å². The van der Waals surface area contributed by atoms with Crippen molar-refractivity contribution in [3.8, 4) is 0 Å². The highest BCUT2D eigenvalue weighted by Gasteiger charge is 2.24. The predicted octanol–water partition coefficient (Wildman–Crippen LogP) is 2.42. The van der Waals surface area contributed by atoms with Crippen LogP contribution in [0, 0.1) is 0 Å². The van der Waals surface area contributed by atoms with Crippen molar-refractivity contribution < 1.29 is 17.9 Å². The van der Waals surface area contributed by atoms with Gasteiger partial charge < -0.3 is 10.1 Å². The number of methoxy groups -OCH3 is 1. The molecule has 1 unspecified atom stereocenters. The van der Waals surface area contributed by atoms with Crippen LogP contribution in [0.2, 0.25) is 0 Å². The monoisotopic (exact) mass is 380 g/mol. The summed E-state index contributed by atoms with van der Waals surface area (Å²) in [6.07, 6.45) is 7.09. The third-order valence-corrected chi connectivity index (χ3v) is 6.23. The lowest BCUT2D eigenvalue weighted by Gasteiger charge is -2.19. The van der Waals surface area contributed by atoms with Gasteiger partial charge in [-0.25, -0.2) is 8.42 Å². The first-order valence-corrected chi connectivity index (χ1v) is 10.4. The number of carbonyl (C=O) groups excluding carboxylic acids is 1. The molecule has 0 bridgehead atoms. The molecule has 1 heterocycles. The Balaban J connectivity index is 2.01. The van der Waals surface area contributed by atoms with Crippen LogP contribution in [-0.2, 0) is 19.6 Å². The molecule has 1 saturated heterocycles. The lowest BCUT2D eigenvalue weighted by Crippen LogP contribution is -2.34. The molecular formula is C19H28N2O4S. The van der Waals surface area contributed by atoms with Crippen LogP contribution in [0.25, 0.3) is 6.08 Å². The van der Waals surface area contributed by atoms with E-state index < -0.39 is 10.0 Å². The summed E-state index contributed by atoms with van der Waals surface area (Å²) in [5, 5.41) is 2.78. The van der Waals surface area contributed by atoms with Gasteiger partial charge in [0.25, 0.3) is 0 Å². The minimum absolute atomic E-state index is 0.0710. The number of ether oxygens (including phenoxy) is 1. The molecular weight excluding hydrogens is 352 g/mol. The average Bonchev–Trinajstić information content (AvgIpc) is 2.90. The number of sulfonamides is 1. The Morgan fingerprint density at radius 3 is 2.38 bits per heavy atom. The molecule has 0 radical (unpaired) electrons. The summed E-state index contributed by atoms with van der Waals surface area (Å²) in [6, 6.07) is 6.56. The van der Waals surface area contributed by atoms with Crippen LogP contribution in [0.1, 0.15) is 38.2 Å². The quantitative estimate of drug-likeness (QED) is 0.737. The number of hydrogen-bond donors (Lipinski definition) is 1. The predicted molar refractivity (Wildman–Crippen MR) is 102 cm³/mol. The van der Waals surface area contributed by atoms with E-state index in [0.717, 1.165) is 31.2 Å². The van der Waals surface area contributed by atoms with Gasteiger partial charge in [-0.1, -0.05) is 25.0 Å². The fourth-order valence-electron chi connectivity index (χ4n) is 2.94. The molecule has 1 aliphatic rings. The van der Waals surface area contributed by atoms with Gasteiger partial charge in [-0.3, -0.25) is 4.79 Å². The third-order valence-electron chi connectivity index (χ3n) is 4.32. The summed E-state index contributed by atoms with van der Waals surface area (Å²) >= 11 is 0. The van der Waals surface area contributed by atoms with Gasteiger partial charge in [-0.15, -0.1) is 0 Å². The van der Waals surface area contributed by atoms with Crippen molar-refractivity contribution in [2.45, 2.75) is 43.5 Å². The first-order valence-electron chi connectivity index (χ1n) is 9.01. The topological polar surface area (TPSA) is 75.7 Å². The molecule has 1 aromatic rings. The summed E-state index contributed by atoms with van der Waals surface area (Å²) in [5.74, 6) is -0.212. The fraction of sp³-hybridized carbons (Fsp3) is 0.526. The molecule has 2 rings (SSSR count). The number of nitrogens with zero attached hydrogens (tertiary/aromatic N) is 1. The standard InChI is InChI=1S/C19H28N2O4S/c1-16(15-25-2)20-19(22)12-9-17-7-10-18(11-8-17)26(23,24)21-13-5-3-4-6-14-21/h7-12,16H,3-6,13-15H2,1-2H3,(H,20,22)/b12-9+. The Morgan fingerprint density at radius 2 is 1.81 bits per heavy atom. The Hall–Kier alpha value is -1.70. The molecule has 7 heteroatoms. The zero-order valence-corrected chi connectivity index (χ0v) is 16.3. The number of rotatable bonds is 7. The van der Waals surface area contributed by atoms with Crippen molar-refractivity contribution in [1.29, 1.82) is 0 Å². The van der Waals surface area contributed by atoms with Crippen molar-refractivity contribution in [3.05, 3.63) is 35.9 Å². The minimum Gasteiger partial charge on any atom is -0.383 e. The molecule has 0 aliphatic carbocycles. The zero-order chi connectivity index (χ0) is 19.0.